The fourth-order valence-electron chi connectivity index (χ4n) is 3.08. The second kappa shape index (κ2) is 8.94. The molecule has 0 unspecified atom stereocenters. The maximum Gasteiger partial charge on any atom is 0.283 e. The number of aryl methyl sites for hydroxylation is 1. The fourth-order valence-corrected chi connectivity index (χ4v) is 4.03. The predicted molar refractivity (Wildman–Crippen MR) is 106 cm³/mol. The first-order valence-corrected chi connectivity index (χ1v) is 9.83. The van der Waals surface area contributed by atoms with Crippen molar-refractivity contribution in [3.05, 3.63) is 61.8 Å². The molecular formula is C19H22N4O4S. The van der Waals surface area contributed by atoms with Crippen molar-refractivity contribution in [3.63, 3.8) is 0 Å². The van der Waals surface area contributed by atoms with Gasteiger partial charge in [-0.1, -0.05) is 30.3 Å². The van der Waals surface area contributed by atoms with Gasteiger partial charge in [-0.15, -0.1) is 11.3 Å². The van der Waals surface area contributed by atoms with Gasteiger partial charge in [0.05, 0.1) is 21.2 Å². The van der Waals surface area contributed by atoms with Crippen LogP contribution in [0.1, 0.15) is 20.1 Å². The number of benzene rings is 1. The minimum Gasteiger partial charge on any atom is -0.351 e. The van der Waals surface area contributed by atoms with E-state index in [4.69, 9.17) is 0 Å². The van der Waals surface area contributed by atoms with E-state index in [9.17, 15) is 19.7 Å². The summed E-state index contributed by atoms with van der Waals surface area (Å²) in [4.78, 5) is 39.8. The molecule has 0 saturated carbocycles. The van der Waals surface area contributed by atoms with Gasteiger partial charge in [-0.3, -0.25) is 24.6 Å². The number of hydrogen-bond donors (Lipinski definition) is 1. The number of carbonyl (C=O) groups is 2. The van der Waals surface area contributed by atoms with Gasteiger partial charge in [0.15, 0.2) is 0 Å². The topological polar surface area (TPSA) is 95.8 Å². The van der Waals surface area contributed by atoms with Gasteiger partial charge in [0.1, 0.15) is 0 Å². The molecule has 2 aromatic rings. The molecule has 8 nitrogen and oxygen atoms in total. The van der Waals surface area contributed by atoms with Crippen molar-refractivity contribution in [1.82, 2.24) is 15.1 Å². The highest BCUT2D eigenvalue weighted by molar-refractivity contribution is 7.14. The molecule has 3 rings (SSSR count). The summed E-state index contributed by atoms with van der Waals surface area (Å²) in [5.74, 6) is -0.234. The molecule has 1 fully saturated rings. The van der Waals surface area contributed by atoms with E-state index in [-0.39, 0.29) is 17.5 Å². The summed E-state index contributed by atoms with van der Waals surface area (Å²) in [5.41, 5.74) is 1.04. The molecular weight excluding hydrogens is 380 g/mol. The monoisotopic (exact) mass is 402 g/mol. The third kappa shape index (κ3) is 4.93. The van der Waals surface area contributed by atoms with E-state index >= 15 is 0 Å². The molecule has 2 heterocycles. The number of amides is 2. The molecule has 1 saturated heterocycles. The third-order valence-corrected chi connectivity index (χ3v) is 5.69. The number of rotatable bonds is 6. The lowest BCUT2D eigenvalue weighted by Gasteiger charge is -2.34. The SMILES string of the molecule is Cc1sc(C(=O)N2CCN(CC(=O)NCc3ccccc3)CC2)cc1[N+](=O)[O-]. The summed E-state index contributed by atoms with van der Waals surface area (Å²) in [7, 11) is 0. The Labute approximate surface area is 166 Å². The molecule has 0 spiro atoms. The first kappa shape index (κ1) is 20.0. The number of thiophene rings is 1. The lowest BCUT2D eigenvalue weighted by Crippen LogP contribution is -2.51. The molecule has 0 atom stereocenters. The van der Waals surface area contributed by atoms with Gasteiger partial charge in [-0.25, -0.2) is 0 Å². The highest BCUT2D eigenvalue weighted by atomic mass is 32.1. The number of nitrogens with one attached hydrogen (secondary N) is 1. The Bertz CT molecular complexity index is 860. The Morgan fingerprint density at radius 1 is 1.18 bits per heavy atom. The highest BCUT2D eigenvalue weighted by Gasteiger charge is 2.26. The van der Waals surface area contributed by atoms with Crippen LogP contribution >= 0.6 is 11.3 Å². The Balaban J connectivity index is 1.46. The first-order chi connectivity index (χ1) is 13.4. The zero-order valence-corrected chi connectivity index (χ0v) is 16.4. The summed E-state index contributed by atoms with van der Waals surface area (Å²) in [6.07, 6.45) is 0. The summed E-state index contributed by atoms with van der Waals surface area (Å²) >= 11 is 1.15. The lowest BCUT2D eigenvalue weighted by molar-refractivity contribution is -0.385. The van der Waals surface area contributed by atoms with Crippen LogP contribution in [0.25, 0.3) is 0 Å². The minimum absolute atomic E-state index is 0.0120. The predicted octanol–water partition coefficient (Wildman–Crippen LogP) is 2.04. The molecule has 1 N–H and O–H groups in total. The smallest absolute Gasteiger partial charge is 0.283 e. The summed E-state index contributed by atoms with van der Waals surface area (Å²) < 4.78 is 0. The average molecular weight is 402 g/mol. The van der Waals surface area contributed by atoms with Crippen LogP contribution in [0.2, 0.25) is 0 Å². The number of piperazine rings is 1. The third-order valence-electron chi connectivity index (χ3n) is 4.66. The number of nitrogens with zero attached hydrogens (tertiary/aromatic N) is 3. The van der Waals surface area contributed by atoms with Crippen LogP contribution < -0.4 is 5.32 Å². The van der Waals surface area contributed by atoms with E-state index < -0.39 is 4.92 Å². The molecule has 0 aliphatic carbocycles. The number of hydrogen-bond acceptors (Lipinski definition) is 6. The van der Waals surface area contributed by atoms with Crippen LogP contribution in [0.5, 0.6) is 0 Å². The van der Waals surface area contributed by atoms with E-state index in [2.05, 4.69) is 5.32 Å². The maximum absolute atomic E-state index is 12.6. The molecule has 1 aromatic carbocycles. The van der Waals surface area contributed by atoms with Crippen molar-refractivity contribution in [3.8, 4) is 0 Å². The van der Waals surface area contributed by atoms with Crippen LogP contribution in [0.15, 0.2) is 36.4 Å². The second-order valence-corrected chi connectivity index (χ2v) is 7.90. The molecule has 28 heavy (non-hydrogen) atoms. The van der Waals surface area contributed by atoms with Crippen LogP contribution in [0.4, 0.5) is 5.69 Å². The molecule has 148 valence electrons. The van der Waals surface area contributed by atoms with E-state index in [0.717, 1.165) is 16.9 Å². The van der Waals surface area contributed by atoms with Gasteiger partial charge in [0, 0.05) is 38.8 Å². The van der Waals surface area contributed by atoms with Crippen molar-refractivity contribution < 1.29 is 14.5 Å². The van der Waals surface area contributed by atoms with Gasteiger partial charge in [0.2, 0.25) is 5.91 Å². The Morgan fingerprint density at radius 3 is 2.46 bits per heavy atom. The first-order valence-electron chi connectivity index (χ1n) is 9.01. The van der Waals surface area contributed by atoms with Crippen LogP contribution in [-0.4, -0.2) is 59.3 Å². The van der Waals surface area contributed by atoms with Gasteiger partial charge < -0.3 is 10.2 Å². The molecule has 9 heteroatoms. The normalized spacial score (nSPS) is 14.7. The quantitative estimate of drug-likeness (QED) is 0.589. The average Bonchev–Trinajstić information content (AvgIpc) is 3.09. The van der Waals surface area contributed by atoms with Gasteiger partial charge in [-0.2, -0.15) is 0 Å². The molecule has 1 aliphatic rings. The fraction of sp³-hybridized carbons (Fsp3) is 0.368. The van der Waals surface area contributed by atoms with E-state index in [1.807, 2.05) is 35.2 Å². The Kier molecular flexibility index (Phi) is 6.37. The highest BCUT2D eigenvalue weighted by Crippen LogP contribution is 2.29. The van der Waals surface area contributed by atoms with Crippen LogP contribution in [0, 0.1) is 17.0 Å². The second-order valence-electron chi connectivity index (χ2n) is 6.64. The largest absolute Gasteiger partial charge is 0.351 e. The standard InChI is InChI=1S/C19H22N4O4S/c1-14-16(23(26)27)11-17(28-14)19(25)22-9-7-21(8-10-22)13-18(24)20-12-15-5-3-2-4-6-15/h2-6,11H,7-10,12-13H2,1H3,(H,20,24). The van der Waals surface area contributed by atoms with Crippen molar-refractivity contribution in [2.75, 3.05) is 32.7 Å². The molecule has 0 radical (unpaired) electrons. The van der Waals surface area contributed by atoms with E-state index in [0.29, 0.717) is 49.0 Å². The minimum atomic E-state index is -0.464. The Morgan fingerprint density at radius 2 is 1.86 bits per heavy atom. The van der Waals surface area contributed by atoms with Gasteiger partial charge >= 0.3 is 0 Å². The van der Waals surface area contributed by atoms with Crippen LogP contribution in [-0.2, 0) is 11.3 Å². The molecule has 1 aromatic heterocycles. The maximum atomic E-state index is 12.6. The summed E-state index contributed by atoms with van der Waals surface area (Å²) in [6.45, 7) is 4.61. The number of nitro groups is 1. The van der Waals surface area contributed by atoms with Crippen molar-refractivity contribution in [2.45, 2.75) is 13.5 Å². The summed E-state index contributed by atoms with van der Waals surface area (Å²) in [6, 6.07) is 11.1. The van der Waals surface area contributed by atoms with Gasteiger partial charge in [0.25, 0.3) is 11.6 Å². The number of carbonyl (C=O) groups excluding carboxylic acids is 2. The molecule has 2 amide bonds. The lowest BCUT2D eigenvalue weighted by atomic mass is 10.2. The van der Waals surface area contributed by atoms with E-state index in [1.165, 1.54) is 6.07 Å². The van der Waals surface area contributed by atoms with Crippen molar-refractivity contribution in [2.24, 2.45) is 0 Å². The molecule has 0 bridgehead atoms. The van der Waals surface area contributed by atoms with Crippen molar-refractivity contribution in [1.29, 1.82) is 0 Å². The zero-order valence-electron chi connectivity index (χ0n) is 15.6. The van der Waals surface area contributed by atoms with Crippen LogP contribution in [0.3, 0.4) is 0 Å². The van der Waals surface area contributed by atoms with E-state index in [1.54, 1.807) is 11.8 Å². The Hall–Kier alpha value is -2.78. The van der Waals surface area contributed by atoms with Gasteiger partial charge in [-0.05, 0) is 12.5 Å². The van der Waals surface area contributed by atoms with Crippen molar-refractivity contribution >= 4 is 28.8 Å². The molecule has 1 aliphatic heterocycles. The zero-order chi connectivity index (χ0) is 20.1. The summed E-state index contributed by atoms with van der Waals surface area (Å²) in [5, 5.41) is 13.9.